The molecule has 0 atom stereocenters. The van der Waals surface area contributed by atoms with Gasteiger partial charge in [-0.25, -0.2) is 0 Å². The van der Waals surface area contributed by atoms with Crippen molar-refractivity contribution in [2.45, 2.75) is 13.8 Å². The molecular formula is C11H12N2. The van der Waals surface area contributed by atoms with Gasteiger partial charge in [-0.2, -0.15) is 5.26 Å². The largest absolute Gasteiger partial charge is 0.398 e. The molecule has 0 saturated heterocycles. The van der Waals surface area contributed by atoms with Crippen LogP contribution in [0, 0.1) is 25.2 Å². The van der Waals surface area contributed by atoms with Crippen LogP contribution >= 0.6 is 0 Å². The minimum Gasteiger partial charge on any atom is -0.398 e. The zero-order valence-corrected chi connectivity index (χ0v) is 7.83. The maximum atomic E-state index is 8.44. The van der Waals surface area contributed by atoms with E-state index in [2.05, 4.69) is 0 Å². The first-order valence-electron chi connectivity index (χ1n) is 4.08. The van der Waals surface area contributed by atoms with Crippen molar-refractivity contribution in [1.82, 2.24) is 0 Å². The summed E-state index contributed by atoms with van der Waals surface area (Å²) in [5, 5.41) is 8.44. The molecule has 0 aliphatic carbocycles. The van der Waals surface area contributed by atoms with Gasteiger partial charge >= 0.3 is 0 Å². The number of allylic oxidation sites excluding steroid dienone is 1. The normalized spacial score (nSPS) is 11.0. The molecule has 0 bridgehead atoms. The van der Waals surface area contributed by atoms with E-state index in [0.717, 1.165) is 11.1 Å². The van der Waals surface area contributed by atoms with Crippen molar-refractivity contribution in [2.75, 3.05) is 0 Å². The van der Waals surface area contributed by atoms with Crippen molar-refractivity contribution < 1.29 is 0 Å². The molecule has 0 aliphatic heterocycles. The highest BCUT2D eigenvalue weighted by molar-refractivity contribution is 5.67. The second kappa shape index (κ2) is 3.77. The minimum atomic E-state index is 0.528. The van der Waals surface area contributed by atoms with Gasteiger partial charge in [0.2, 0.25) is 0 Å². The molecule has 0 aromatic heterocycles. The monoisotopic (exact) mass is 172 g/mol. The number of rotatable bonds is 1. The number of nitrogens with zero attached hydrogens (tertiary/aromatic N) is 1. The fraction of sp³-hybridized carbons (Fsp3) is 0.182. The molecule has 0 heterocycles. The van der Waals surface area contributed by atoms with Crippen LogP contribution in [0.15, 0.2) is 24.3 Å². The number of nitriles is 1. The van der Waals surface area contributed by atoms with Crippen molar-refractivity contribution in [2.24, 2.45) is 5.73 Å². The number of aryl methyl sites for hydroxylation is 2. The first kappa shape index (κ1) is 9.34. The molecule has 0 amide bonds. The summed E-state index contributed by atoms with van der Waals surface area (Å²) >= 11 is 0. The van der Waals surface area contributed by atoms with Gasteiger partial charge in [0.05, 0.1) is 6.07 Å². The van der Waals surface area contributed by atoms with Gasteiger partial charge in [-0.3, -0.25) is 0 Å². The van der Waals surface area contributed by atoms with Gasteiger partial charge in [0, 0.05) is 17.3 Å². The summed E-state index contributed by atoms with van der Waals surface area (Å²) in [6, 6.07) is 7.89. The molecule has 66 valence electrons. The van der Waals surface area contributed by atoms with Gasteiger partial charge in [-0.05, 0) is 19.4 Å². The van der Waals surface area contributed by atoms with Gasteiger partial charge in [0.1, 0.15) is 0 Å². The highest BCUT2D eigenvalue weighted by Gasteiger charge is 2.00. The van der Waals surface area contributed by atoms with Crippen molar-refractivity contribution in [1.29, 1.82) is 5.26 Å². The molecule has 1 aromatic rings. The van der Waals surface area contributed by atoms with Gasteiger partial charge in [-0.15, -0.1) is 0 Å². The molecule has 2 nitrogen and oxygen atoms in total. The van der Waals surface area contributed by atoms with Crippen LogP contribution in [0.1, 0.15) is 16.7 Å². The Morgan fingerprint density at radius 3 is 2.69 bits per heavy atom. The van der Waals surface area contributed by atoms with Crippen LogP contribution in [0.25, 0.3) is 5.70 Å². The molecule has 0 spiro atoms. The Morgan fingerprint density at radius 2 is 2.15 bits per heavy atom. The summed E-state index contributed by atoms with van der Waals surface area (Å²) in [7, 11) is 0. The van der Waals surface area contributed by atoms with Gasteiger partial charge < -0.3 is 5.73 Å². The maximum absolute atomic E-state index is 8.44. The summed E-state index contributed by atoms with van der Waals surface area (Å²) in [5.41, 5.74) is 9.46. The minimum absolute atomic E-state index is 0.528. The topological polar surface area (TPSA) is 49.8 Å². The van der Waals surface area contributed by atoms with E-state index in [0.29, 0.717) is 5.70 Å². The Balaban J connectivity index is 3.18. The molecule has 1 rings (SSSR count). The molecule has 2 N–H and O–H groups in total. The van der Waals surface area contributed by atoms with Crippen molar-refractivity contribution in [3.8, 4) is 6.07 Å². The maximum Gasteiger partial charge on any atom is 0.0933 e. The van der Waals surface area contributed by atoms with E-state index in [4.69, 9.17) is 11.0 Å². The highest BCUT2D eigenvalue weighted by Crippen LogP contribution is 2.15. The van der Waals surface area contributed by atoms with Gasteiger partial charge in [0.25, 0.3) is 0 Å². The molecule has 0 unspecified atom stereocenters. The third-order valence-electron chi connectivity index (χ3n) is 1.91. The predicted octanol–water partition coefficient (Wildman–Crippen LogP) is 2.13. The zero-order chi connectivity index (χ0) is 9.84. The summed E-state index contributed by atoms with van der Waals surface area (Å²) < 4.78 is 0. The quantitative estimate of drug-likeness (QED) is 0.660. The second-order valence-corrected chi connectivity index (χ2v) is 3.05. The standard InChI is InChI=1S/C11H12N2/c1-8-3-4-10(9(2)7-8)11(13)5-6-12/h3-5,7H,13H2,1-2H3. The average Bonchev–Trinajstić information content (AvgIpc) is 2.04. The van der Waals surface area contributed by atoms with E-state index in [-0.39, 0.29) is 0 Å². The number of hydrogen-bond acceptors (Lipinski definition) is 2. The smallest absolute Gasteiger partial charge is 0.0933 e. The fourth-order valence-electron chi connectivity index (χ4n) is 1.28. The Kier molecular flexibility index (Phi) is 2.71. The number of nitrogens with two attached hydrogens (primary N) is 1. The van der Waals surface area contributed by atoms with Crippen LogP contribution in [0.3, 0.4) is 0 Å². The first-order valence-corrected chi connectivity index (χ1v) is 4.08. The van der Waals surface area contributed by atoms with E-state index >= 15 is 0 Å². The van der Waals surface area contributed by atoms with Crippen molar-refractivity contribution in [3.05, 3.63) is 41.0 Å². The molecule has 1 aromatic carbocycles. The predicted molar refractivity (Wildman–Crippen MR) is 53.7 cm³/mol. The van der Waals surface area contributed by atoms with Crippen LogP contribution in [-0.2, 0) is 0 Å². The van der Waals surface area contributed by atoms with Crippen LogP contribution in [0.2, 0.25) is 0 Å². The van der Waals surface area contributed by atoms with Crippen LogP contribution in [0.4, 0.5) is 0 Å². The van der Waals surface area contributed by atoms with E-state index < -0.39 is 0 Å². The van der Waals surface area contributed by atoms with E-state index in [1.165, 1.54) is 11.6 Å². The van der Waals surface area contributed by atoms with Crippen LogP contribution < -0.4 is 5.73 Å². The summed E-state index contributed by atoms with van der Waals surface area (Å²) in [6.07, 6.45) is 1.36. The average molecular weight is 172 g/mol. The summed E-state index contributed by atoms with van der Waals surface area (Å²) in [5.74, 6) is 0. The van der Waals surface area contributed by atoms with Crippen LogP contribution in [-0.4, -0.2) is 0 Å². The molecule has 0 saturated carbocycles. The Morgan fingerprint density at radius 1 is 1.46 bits per heavy atom. The Hall–Kier alpha value is -1.75. The summed E-state index contributed by atoms with van der Waals surface area (Å²) in [4.78, 5) is 0. The lowest BCUT2D eigenvalue weighted by atomic mass is 10.0. The highest BCUT2D eigenvalue weighted by atomic mass is 14.6. The molecular weight excluding hydrogens is 160 g/mol. The van der Waals surface area contributed by atoms with E-state index in [1.807, 2.05) is 38.1 Å². The zero-order valence-electron chi connectivity index (χ0n) is 7.83. The lowest BCUT2D eigenvalue weighted by Gasteiger charge is -2.05. The van der Waals surface area contributed by atoms with Crippen molar-refractivity contribution in [3.63, 3.8) is 0 Å². The SMILES string of the molecule is Cc1ccc(C(N)=CC#N)c(C)c1. The summed E-state index contributed by atoms with van der Waals surface area (Å²) in [6.45, 7) is 4.02. The molecule has 0 fully saturated rings. The molecule has 13 heavy (non-hydrogen) atoms. The first-order chi connectivity index (χ1) is 6.15. The van der Waals surface area contributed by atoms with Crippen molar-refractivity contribution >= 4 is 5.70 Å². The fourth-order valence-corrected chi connectivity index (χ4v) is 1.28. The Bertz CT molecular complexity index is 384. The van der Waals surface area contributed by atoms with Crippen LogP contribution in [0.5, 0.6) is 0 Å². The molecule has 2 heteroatoms. The third kappa shape index (κ3) is 2.09. The molecule has 0 radical (unpaired) electrons. The van der Waals surface area contributed by atoms with E-state index in [1.54, 1.807) is 0 Å². The lowest BCUT2D eigenvalue weighted by Crippen LogP contribution is -1.98. The van der Waals surface area contributed by atoms with Gasteiger partial charge in [-0.1, -0.05) is 23.8 Å². The second-order valence-electron chi connectivity index (χ2n) is 3.05. The Labute approximate surface area is 78.3 Å². The van der Waals surface area contributed by atoms with E-state index in [9.17, 15) is 0 Å². The van der Waals surface area contributed by atoms with Gasteiger partial charge in [0.15, 0.2) is 0 Å². The number of benzene rings is 1. The molecule has 0 aliphatic rings. The third-order valence-corrected chi connectivity index (χ3v) is 1.91. The number of hydrogen-bond donors (Lipinski definition) is 1. The lowest BCUT2D eigenvalue weighted by molar-refractivity contribution is 1.34.